The zero-order chi connectivity index (χ0) is 32.2. The summed E-state index contributed by atoms with van der Waals surface area (Å²) in [5.41, 5.74) is 3.67. The van der Waals surface area contributed by atoms with Gasteiger partial charge in [-0.3, -0.25) is 0 Å². The number of nitrogens with one attached hydrogen (secondary N) is 1. The van der Waals surface area contributed by atoms with Crippen LogP contribution >= 0.6 is 11.6 Å². The van der Waals surface area contributed by atoms with E-state index in [4.69, 9.17) is 35.3 Å². The molecular formula is C31H33ClN6O8. The Kier molecular flexibility index (Phi) is 9.59. The van der Waals surface area contributed by atoms with E-state index < -0.39 is 42.8 Å². The van der Waals surface area contributed by atoms with Crippen LogP contribution in [-0.2, 0) is 36.6 Å². The number of aryl methyl sites for hydroxylation is 1. The van der Waals surface area contributed by atoms with E-state index in [1.54, 1.807) is 4.57 Å². The molecule has 2 saturated heterocycles. The van der Waals surface area contributed by atoms with Crippen LogP contribution < -0.4 is 0 Å². The molecule has 0 bridgehead atoms. The Hall–Kier alpha value is -4.37. The standard InChI is InChI=1S/C31H33ClN6O8/c1-3-4-9-24-33-28(32)25(30(40)44-17(2)45-31(41)46-23-16-43-26-22(39)15-42-27(23)26)38(24)14-18-10-12-19(13-11-18)20-7-5-6-8-21(20)29-34-36-37-35-29/h5-8,10-13,17,22-23,26-27,39H,3-4,9,14-16H2,1-2H3,(H,34,35,36,37)/t17?,22-,23+,26-,27-/m1/s1. The quantitative estimate of drug-likeness (QED) is 0.177. The van der Waals surface area contributed by atoms with Gasteiger partial charge >= 0.3 is 12.1 Å². The molecule has 14 nitrogen and oxygen atoms in total. The number of halogens is 1. The molecule has 2 aromatic carbocycles. The molecule has 0 spiro atoms. The minimum atomic E-state index is -1.30. The first-order valence-corrected chi connectivity index (χ1v) is 15.4. The Balaban J connectivity index is 1.15. The number of esters is 1. The second-order valence-corrected chi connectivity index (χ2v) is 11.4. The number of fused-ring (bicyclic) bond motifs is 1. The molecule has 15 heteroatoms. The monoisotopic (exact) mass is 652 g/mol. The van der Waals surface area contributed by atoms with Gasteiger partial charge in [-0.25, -0.2) is 14.6 Å². The van der Waals surface area contributed by atoms with Gasteiger partial charge in [0.2, 0.25) is 12.1 Å². The van der Waals surface area contributed by atoms with Gasteiger partial charge in [0.25, 0.3) is 0 Å². The fraction of sp³-hybridized carbons (Fsp3) is 0.419. The molecule has 1 unspecified atom stereocenters. The van der Waals surface area contributed by atoms with Crippen molar-refractivity contribution in [2.75, 3.05) is 13.2 Å². The number of carbonyl (C=O) groups is 2. The number of aliphatic hydroxyl groups excluding tert-OH is 1. The fourth-order valence-electron chi connectivity index (χ4n) is 5.60. The number of benzene rings is 2. The first-order valence-electron chi connectivity index (χ1n) is 15.0. The number of ether oxygens (including phenoxy) is 5. The van der Waals surface area contributed by atoms with Crippen molar-refractivity contribution >= 4 is 23.7 Å². The summed E-state index contributed by atoms with van der Waals surface area (Å²) < 4.78 is 28.6. The molecule has 46 heavy (non-hydrogen) atoms. The van der Waals surface area contributed by atoms with Gasteiger partial charge in [0, 0.05) is 25.5 Å². The molecule has 2 N–H and O–H groups in total. The molecule has 2 fully saturated rings. The van der Waals surface area contributed by atoms with E-state index >= 15 is 0 Å². The minimum Gasteiger partial charge on any atom is -0.426 e. The van der Waals surface area contributed by atoms with Crippen molar-refractivity contribution in [2.24, 2.45) is 0 Å². The Labute approximate surface area is 268 Å². The molecule has 2 aromatic heterocycles. The maximum Gasteiger partial charge on any atom is 0.511 e. The Morgan fingerprint density at radius 3 is 2.59 bits per heavy atom. The smallest absolute Gasteiger partial charge is 0.426 e. The second kappa shape index (κ2) is 14.0. The Bertz CT molecular complexity index is 1660. The van der Waals surface area contributed by atoms with E-state index in [1.165, 1.54) is 6.92 Å². The largest absolute Gasteiger partial charge is 0.511 e. The molecule has 0 amide bonds. The lowest BCUT2D eigenvalue weighted by atomic mass is 9.98. The maximum absolute atomic E-state index is 13.4. The summed E-state index contributed by atoms with van der Waals surface area (Å²) in [4.78, 5) is 30.3. The van der Waals surface area contributed by atoms with Gasteiger partial charge in [0.15, 0.2) is 17.0 Å². The minimum absolute atomic E-state index is 0.0115. The molecule has 242 valence electrons. The van der Waals surface area contributed by atoms with E-state index in [1.807, 2.05) is 48.5 Å². The summed E-state index contributed by atoms with van der Waals surface area (Å²) in [5.74, 6) is 0.317. The third-order valence-corrected chi connectivity index (χ3v) is 8.10. The van der Waals surface area contributed by atoms with Crippen molar-refractivity contribution in [3.05, 3.63) is 70.8 Å². The van der Waals surface area contributed by atoms with Crippen molar-refractivity contribution in [1.82, 2.24) is 30.2 Å². The zero-order valence-electron chi connectivity index (χ0n) is 25.2. The zero-order valence-corrected chi connectivity index (χ0v) is 25.9. The van der Waals surface area contributed by atoms with Crippen LogP contribution in [0.2, 0.25) is 5.15 Å². The second-order valence-electron chi connectivity index (χ2n) is 11.0. The Morgan fingerprint density at radius 2 is 1.85 bits per heavy atom. The lowest BCUT2D eigenvalue weighted by Gasteiger charge is -2.19. The molecule has 0 radical (unpaired) electrons. The number of carbonyl (C=O) groups excluding carboxylic acids is 2. The highest BCUT2D eigenvalue weighted by Crippen LogP contribution is 2.31. The first-order chi connectivity index (χ1) is 22.3. The van der Waals surface area contributed by atoms with E-state index in [9.17, 15) is 14.7 Å². The molecule has 2 aliphatic heterocycles. The van der Waals surface area contributed by atoms with Crippen LogP contribution in [0.3, 0.4) is 0 Å². The molecule has 6 rings (SSSR count). The average Bonchev–Trinajstić information content (AvgIpc) is 3.84. The van der Waals surface area contributed by atoms with E-state index in [2.05, 4.69) is 32.5 Å². The molecule has 0 saturated carbocycles. The molecule has 4 aromatic rings. The molecule has 4 heterocycles. The van der Waals surface area contributed by atoms with Crippen LogP contribution in [0.5, 0.6) is 0 Å². The van der Waals surface area contributed by atoms with Crippen LogP contribution in [0.4, 0.5) is 4.79 Å². The van der Waals surface area contributed by atoms with Gasteiger partial charge in [-0.15, -0.1) is 10.2 Å². The number of tetrazole rings is 1. The highest BCUT2D eigenvalue weighted by Gasteiger charge is 2.49. The van der Waals surface area contributed by atoms with Crippen LogP contribution in [0.1, 0.15) is 48.6 Å². The summed E-state index contributed by atoms with van der Waals surface area (Å²) in [6, 6.07) is 15.6. The highest BCUT2D eigenvalue weighted by molar-refractivity contribution is 6.32. The van der Waals surface area contributed by atoms with E-state index in [0.717, 1.165) is 35.1 Å². The summed E-state index contributed by atoms with van der Waals surface area (Å²) in [6.07, 6.45) is -2.72. The van der Waals surface area contributed by atoms with Gasteiger partial charge in [0.05, 0.1) is 13.2 Å². The predicted molar refractivity (Wildman–Crippen MR) is 162 cm³/mol. The van der Waals surface area contributed by atoms with Crippen molar-refractivity contribution in [1.29, 1.82) is 0 Å². The van der Waals surface area contributed by atoms with Gasteiger partial charge in [-0.05, 0) is 28.3 Å². The predicted octanol–water partition coefficient (Wildman–Crippen LogP) is 3.96. The molecule has 0 aliphatic carbocycles. The first kappa shape index (κ1) is 31.6. The lowest BCUT2D eigenvalue weighted by molar-refractivity contribution is -0.0990. The highest BCUT2D eigenvalue weighted by atomic mass is 35.5. The van der Waals surface area contributed by atoms with Gasteiger partial charge in [0.1, 0.15) is 24.1 Å². The molecule has 2 aliphatic rings. The van der Waals surface area contributed by atoms with Crippen LogP contribution in [0, 0.1) is 0 Å². The fourth-order valence-corrected chi connectivity index (χ4v) is 5.87. The van der Waals surface area contributed by atoms with Gasteiger partial charge in [-0.1, -0.05) is 73.5 Å². The van der Waals surface area contributed by atoms with Crippen LogP contribution in [0.15, 0.2) is 48.5 Å². The number of aromatic amines is 1. The molecule has 5 atom stereocenters. The van der Waals surface area contributed by atoms with Crippen molar-refractivity contribution in [3.8, 4) is 22.5 Å². The number of hydrogen-bond acceptors (Lipinski definition) is 12. The van der Waals surface area contributed by atoms with Crippen LogP contribution in [0.25, 0.3) is 22.5 Å². The van der Waals surface area contributed by atoms with Crippen LogP contribution in [-0.4, -0.2) is 91.3 Å². The topological polar surface area (TPSA) is 173 Å². The number of nitrogens with zero attached hydrogens (tertiary/aromatic N) is 5. The number of unbranched alkanes of at least 4 members (excludes halogenated alkanes) is 1. The number of aromatic nitrogens is 6. The summed E-state index contributed by atoms with van der Waals surface area (Å²) >= 11 is 6.49. The SMILES string of the molecule is CCCCc1nc(Cl)c(C(=O)OC(C)OC(=O)O[C@H]2CO[C@H]3[C@@H]2OC[C@H]3O)n1Cc1ccc(-c2ccccc2-c2nn[nH]n2)cc1. The number of rotatable bonds is 11. The molecular weight excluding hydrogens is 620 g/mol. The number of aliphatic hydroxyl groups is 1. The maximum atomic E-state index is 13.4. The normalized spacial score (nSPS) is 21.1. The van der Waals surface area contributed by atoms with Gasteiger partial charge in [-0.2, -0.15) is 5.21 Å². The van der Waals surface area contributed by atoms with Crippen molar-refractivity contribution < 1.29 is 38.4 Å². The number of H-pyrrole nitrogens is 1. The lowest BCUT2D eigenvalue weighted by Crippen LogP contribution is -2.35. The summed E-state index contributed by atoms with van der Waals surface area (Å²) in [7, 11) is 0. The number of hydrogen-bond donors (Lipinski definition) is 2. The van der Waals surface area contributed by atoms with Gasteiger partial charge < -0.3 is 33.4 Å². The summed E-state index contributed by atoms with van der Waals surface area (Å²) in [5, 5.41) is 24.3. The van der Waals surface area contributed by atoms with E-state index in [-0.39, 0.29) is 24.1 Å². The number of imidazole rings is 1. The third-order valence-electron chi connectivity index (χ3n) is 7.83. The Morgan fingerprint density at radius 1 is 1.09 bits per heavy atom. The third kappa shape index (κ3) is 6.75. The summed E-state index contributed by atoms with van der Waals surface area (Å²) in [6.45, 7) is 3.89. The van der Waals surface area contributed by atoms with E-state index in [0.29, 0.717) is 24.6 Å². The van der Waals surface area contributed by atoms with Crippen molar-refractivity contribution in [3.63, 3.8) is 0 Å². The van der Waals surface area contributed by atoms with Crippen molar-refractivity contribution in [2.45, 2.75) is 70.4 Å². The average molecular weight is 653 g/mol.